The van der Waals surface area contributed by atoms with Crippen molar-refractivity contribution in [2.75, 3.05) is 25.0 Å². The largest absolute Gasteiger partial charge is 0.357 e. The molecule has 1 atom stereocenters. The quantitative estimate of drug-likeness (QED) is 0.873. The van der Waals surface area contributed by atoms with Crippen molar-refractivity contribution in [3.05, 3.63) is 29.6 Å². The Labute approximate surface area is 125 Å². The lowest BCUT2D eigenvalue weighted by Gasteiger charge is -2.37. The second-order valence-corrected chi connectivity index (χ2v) is 5.35. The second kappa shape index (κ2) is 7.41. The number of rotatable bonds is 5. The molecule has 1 aromatic rings. The zero-order valence-corrected chi connectivity index (χ0v) is 12.8. The molecule has 4 nitrogen and oxygen atoms in total. The van der Waals surface area contributed by atoms with E-state index in [0.717, 1.165) is 37.9 Å². The van der Waals surface area contributed by atoms with Crippen molar-refractivity contribution < 1.29 is 9.18 Å². The molecule has 0 aliphatic carbocycles. The van der Waals surface area contributed by atoms with Gasteiger partial charge in [0.2, 0.25) is 5.91 Å². The number of hydrogen-bond donors (Lipinski definition) is 2. The number of carbonyl (C=O) groups excluding carboxylic acids is 1. The number of benzene rings is 1. The van der Waals surface area contributed by atoms with E-state index in [9.17, 15) is 9.18 Å². The Balaban J connectivity index is 2.35. The average Bonchev–Trinajstić information content (AvgIpc) is 2.52. The number of nitrogens with zero attached hydrogens (tertiary/aromatic N) is 1. The molecule has 1 aliphatic heterocycles. The molecular weight excluding hydrogens is 269 g/mol. The standard InChI is InChI=1S/C16H24FN3O/c1-3-19-11-12-7-6-8-13(17)15(12)20-10-5-4-9-14(20)16(21)18-2/h6-8,14,19H,3-5,9-11H2,1-2H3,(H,18,21). The van der Waals surface area contributed by atoms with E-state index in [2.05, 4.69) is 10.6 Å². The van der Waals surface area contributed by atoms with Crippen LogP contribution in [0.25, 0.3) is 0 Å². The fraction of sp³-hybridized carbons (Fsp3) is 0.562. The van der Waals surface area contributed by atoms with Crippen molar-refractivity contribution >= 4 is 11.6 Å². The molecule has 1 heterocycles. The van der Waals surface area contributed by atoms with E-state index in [1.165, 1.54) is 6.07 Å². The molecule has 0 saturated carbocycles. The van der Waals surface area contributed by atoms with E-state index in [4.69, 9.17) is 0 Å². The maximum Gasteiger partial charge on any atom is 0.242 e. The zero-order valence-electron chi connectivity index (χ0n) is 12.8. The Morgan fingerprint density at radius 2 is 2.24 bits per heavy atom. The maximum atomic E-state index is 14.4. The minimum atomic E-state index is -0.277. The molecule has 1 fully saturated rings. The summed E-state index contributed by atoms with van der Waals surface area (Å²) in [5.74, 6) is -0.284. The molecule has 0 spiro atoms. The molecule has 1 unspecified atom stereocenters. The van der Waals surface area contributed by atoms with E-state index in [0.29, 0.717) is 12.2 Å². The van der Waals surface area contributed by atoms with Crippen LogP contribution >= 0.6 is 0 Å². The average molecular weight is 293 g/mol. The topological polar surface area (TPSA) is 44.4 Å². The highest BCUT2D eigenvalue weighted by Gasteiger charge is 2.30. The second-order valence-electron chi connectivity index (χ2n) is 5.35. The number of piperidine rings is 1. The van der Waals surface area contributed by atoms with Crippen LogP contribution in [-0.4, -0.2) is 32.1 Å². The number of likely N-dealkylation sites (N-methyl/N-ethyl adjacent to an activating group) is 1. The van der Waals surface area contributed by atoms with E-state index in [1.807, 2.05) is 17.9 Å². The Morgan fingerprint density at radius 1 is 1.43 bits per heavy atom. The van der Waals surface area contributed by atoms with E-state index < -0.39 is 0 Å². The molecule has 0 aromatic heterocycles. The summed E-state index contributed by atoms with van der Waals surface area (Å²) >= 11 is 0. The van der Waals surface area contributed by atoms with Gasteiger partial charge in [-0.3, -0.25) is 4.79 Å². The minimum absolute atomic E-state index is 0.0349. The molecular formula is C16H24FN3O. The van der Waals surface area contributed by atoms with Gasteiger partial charge in [-0.15, -0.1) is 0 Å². The van der Waals surface area contributed by atoms with Crippen LogP contribution in [0.15, 0.2) is 18.2 Å². The molecule has 1 saturated heterocycles. The number of halogens is 1. The van der Waals surface area contributed by atoms with Gasteiger partial charge in [-0.25, -0.2) is 4.39 Å². The third-order valence-corrected chi connectivity index (χ3v) is 3.97. The first kappa shape index (κ1) is 15.8. The van der Waals surface area contributed by atoms with Crippen LogP contribution in [0.1, 0.15) is 31.7 Å². The van der Waals surface area contributed by atoms with Crippen molar-refractivity contribution in [3.8, 4) is 0 Å². The number of carbonyl (C=O) groups is 1. The maximum absolute atomic E-state index is 14.4. The van der Waals surface area contributed by atoms with E-state index >= 15 is 0 Å². The highest BCUT2D eigenvalue weighted by Crippen LogP contribution is 2.30. The van der Waals surface area contributed by atoms with Gasteiger partial charge in [0, 0.05) is 20.1 Å². The highest BCUT2D eigenvalue weighted by atomic mass is 19.1. The number of para-hydroxylation sites is 1. The molecule has 116 valence electrons. The third kappa shape index (κ3) is 3.53. The van der Waals surface area contributed by atoms with Crippen LogP contribution in [0.4, 0.5) is 10.1 Å². The van der Waals surface area contributed by atoms with Gasteiger partial charge >= 0.3 is 0 Å². The molecule has 1 aliphatic rings. The first-order valence-corrected chi connectivity index (χ1v) is 7.65. The fourth-order valence-electron chi connectivity index (χ4n) is 2.92. The normalized spacial score (nSPS) is 18.6. The molecule has 2 rings (SSSR count). The Bertz CT molecular complexity index is 492. The zero-order chi connectivity index (χ0) is 15.2. The number of hydrogen-bond acceptors (Lipinski definition) is 3. The summed E-state index contributed by atoms with van der Waals surface area (Å²) in [5.41, 5.74) is 1.49. The lowest BCUT2D eigenvalue weighted by Crippen LogP contribution is -2.49. The predicted molar refractivity (Wildman–Crippen MR) is 82.8 cm³/mol. The smallest absolute Gasteiger partial charge is 0.242 e. The number of nitrogens with one attached hydrogen (secondary N) is 2. The summed E-state index contributed by atoms with van der Waals surface area (Å²) in [5, 5.41) is 5.93. The minimum Gasteiger partial charge on any atom is -0.357 e. The van der Waals surface area contributed by atoms with Gasteiger partial charge in [-0.2, -0.15) is 0 Å². The molecule has 0 bridgehead atoms. The van der Waals surface area contributed by atoms with Crippen molar-refractivity contribution in [3.63, 3.8) is 0 Å². The van der Waals surface area contributed by atoms with Crippen LogP contribution in [-0.2, 0) is 11.3 Å². The Kier molecular flexibility index (Phi) is 5.56. The highest BCUT2D eigenvalue weighted by molar-refractivity contribution is 5.85. The summed E-state index contributed by atoms with van der Waals surface area (Å²) < 4.78 is 14.4. The van der Waals surface area contributed by atoms with Crippen LogP contribution < -0.4 is 15.5 Å². The van der Waals surface area contributed by atoms with E-state index in [1.54, 1.807) is 13.1 Å². The van der Waals surface area contributed by atoms with Crippen LogP contribution in [0.5, 0.6) is 0 Å². The van der Waals surface area contributed by atoms with Gasteiger partial charge in [0.15, 0.2) is 0 Å². The van der Waals surface area contributed by atoms with Gasteiger partial charge in [0.05, 0.1) is 5.69 Å². The summed E-state index contributed by atoms with van der Waals surface area (Å²) in [6, 6.07) is 4.85. The molecule has 1 aromatic carbocycles. The van der Waals surface area contributed by atoms with Gasteiger partial charge in [-0.1, -0.05) is 19.1 Å². The summed E-state index contributed by atoms with van der Waals surface area (Å²) in [7, 11) is 1.63. The monoisotopic (exact) mass is 293 g/mol. The van der Waals surface area contributed by atoms with Crippen LogP contribution in [0.3, 0.4) is 0 Å². The Hall–Kier alpha value is -1.62. The number of amides is 1. The SMILES string of the molecule is CCNCc1cccc(F)c1N1CCCCC1C(=O)NC. The molecule has 5 heteroatoms. The summed E-state index contributed by atoms with van der Waals surface area (Å²) in [6.07, 6.45) is 2.77. The van der Waals surface area contributed by atoms with Gasteiger partial charge in [-0.05, 0) is 37.4 Å². The summed E-state index contributed by atoms with van der Waals surface area (Å²) in [4.78, 5) is 14.0. The predicted octanol–water partition coefficient (Wildman–Crippen LogP) is 2.04. The van der Waals surface area contributed by atoms with Crippen molar-refractivity contribution in [1.82, 2.24) is 10.6 Å². The van der Waals surface area contributed by atoms with Gasteiger partial charge in [0.1, 0.15) is 11.9 Å². The first-order chi connectivity index (χ1) is 10.2. The van der Waals surface area contributed by atoms with Gasteiger partial charge < -0.3 is 15.5 Å². The van der Waals surface area contributed by atoms with Crippen LogP contribution in [0, 0.1) is 5.82 Å². The van der Waals surface area contributed by atoms with Crippen LogP contribution in [0.2, 0.25) is 0 Å². The fourth-order valence-corrected chi connectivity index (χ4v) is 2.92. The van der Waals surface area contributed by atoms with Crippen molar-refractivity contribution in [2.45, 2.75) is 38.8 Å². The lowest BCUT2D eigenvalue weighted by atomic mass is 9.98. The number of anilines is 1. The molecule has 21 heavy (non-hydrogen) atoms. The molecule has 0 radical (unpaired) electrons. The third-order valence-electron chi connectivity index (χ3n) is 3.97. The molecule has 1 amide bonds. The molecule has 2 N–H and O–H groups in total. The lowest BCUT2D eigenvalue weighted by molar-refractivity contribution is -0.122. The Morgan fingerprint density at radius 3 is 2.95 bits per heavy atom. The van der Waals surface area contributed by atoms with Crippen molar-refractivity contribution in [2.24, 2.45) is 0 Å². The first-order valence-electron chi connectivity index (χ1n) is 7.65. The van der Waals surface area contributed by atoms with Crippen molar-refractivity contribution in [1.29, 1.82) is 0 Å². The summed E-state index contributed by atoms with van der Waals surface area (Å²) in [6.45, 7) is 4.18. The van der Waals surface area contributed by atoms with E-state index in [-0.39, 0.29) is 17.8 Å². The van der Waals surface area contributed by atoms with Gasteiger partial charge in [0.25, 0.3) is 0 Å².